The number of nitrogens with zero attached hydrogens (tertiary/aromatic N) is 1. The SMILES string of the molecule is Cc1cccnc1CN[C@H](C)c1ccccc1. The Labute approximate surface area is 103 Å². The van der Waals surface area contributed by atoms with E-state index >= 15 is 0 Å². The lowest BCUT2D eigenvalue weighted by atomic mass is 10.1. The van der Waals surface area contributed by atoms with Gasteiger partial charge in [0, 0.05) is 18.8 Å². The quantitative estimate of drug-likeness (QED) is 0.865. The summed E-state index contributed by atoms with van der Waals surface area (Å²) < 4.78 is 0. The van der Waals surface area contributed by atoms with Crippen LogP contribution in [0.1, 0.15) is 29.8 Å². The van der Waals surface area contributed by atoms with Crippen molar-refractivity contribution in [2.24, 2.45) is 0 Å². The molecular weight excluding hydrogens is 208 g/mol. The summed E-state index contributed by atoms with van der Waals surface area (Å²) in [6.07, 6.45) is 1.84. The Balaban J connectivity index is 1.97. The van der Waals surface area contributed by atoms with Crippen LogP contribution in [-0.4, -0.2) is 4.98 Å². The maximum Gasteiger partial charge on any atom is 0.0570 e. The van der Waals surface area contributed by atoms with Crippen LogP contribution in [0.2, 0.25) is 0 Å². The Hall–Kier alpha value is -1.67. The Morgan fingerprint density at radius 3 is 2.59 bits per heavy atom. The highest BCUT2D eigenvalue weighted by Gasteiger charge is 2.05. The predicted octanol–water partition coefficient (Wildman–Crippen LogP) is 3.24. The molecule has 0 aliphatic carbocycles. The van der Waals surface area contributed by atoms with Gasteiger partial charge in [-0.25, -0.2) is 0 Å². The molecule has 1 N–H and O–H groups in total. The topological polar surface area (TPSA) is 24.9 Å². The average Bonchev–Trinajstić information content (AvgIpc) is 2.38. The summed E-state index contributed by atoms with van der Waals surface area (Å²) in [5.74, 6) is 0. The van der Waals surface area contributed by atoms with Crippen molar-refractivity contribution >= 4 is 0 Å². The Morgan fingerprint density at radius 2 is 1.88 bits per heavy atom. The van der Waals surface area contributed by atoms with Gasteiger partial charge in [0.15, 0.2) is 0 Å². The molecule has 0 unspecified atom stereocenters. The van der Waals surface area contributed by atoms with E-state index in [9.17, 15) is 0 Å². The first-order valence-corrected chi connectivity index (χ1v) is 5.96. The molecule has 2 aromatic rings. The van der Waals surface area contributed by atoms with Crippen LogP contribution in [0.25, 0.3) is 0 Å². The van der Waals surface area contributed by atoms with Crippen molar-refractivity contribution in [1.82, 2.24) is 10.3 Å². The molecule has 88 valence electrons. The van der Waals surface area contributed by atoms with Crippen molar-refractivity contribution in [3.63, 3.8) is 0 Å². The molecule has 2 rings (SSSR count). The first-order chi connectivity index (χ1) is 8.27. The van der Waals surface area contributed by atoms with Crippen LogP contribution in [0.15, 0.2) is 48.7 Å². The fourth-order valence-electron chi connectivity index (χ4n) is 1.81. The van der Waals surface area contributed by atoms with Crippen molar-refractivity contribution in [1.29, 1.82) is 0 Å². The molecule has 1 aromatic carbocycles. The van der Waals surface area contributed by atoms with Gasteiger partial charge in [-0.05, 0) is 31.0 Å². The van der Waals surface area contributed by atoms with Crippen molar-refractivity contribution in [2.75, 3.05) is 0 Å². The molecular formula is C15H18N2. The van der Waals surface area contributed by atoms with Crippen molar-refractivity contribution < 1.29 is 0 Å². The molecule has 2 nitrogen and oxygen atoms in total. The molecule has 0 aliphatic rings. The summed E-state index contributed by atoms with van der Waals surface area (Å²) >= 11 is 0. The third-order valence-corrected chi connectivity index (χ3v) is 2.99. The molecule has 1 atom stereocenters. The molecule has 0 aliphatic heterocycles. The van der Waals surface area contributed by atoms with Gasteiger partial charge in [-0.2, -0.15) is 0 Å². The smallest absolute Gasteiger partial charge is 0.0570 e. The first kappa shape index (κ1) is 11.8. The normalized spacial score (nSPS) is 12.4. The van der Waals surface area contributed by atoms with Crippen LogP contribution in [0.5, 0.6) is 0 Å². The van der Waals surface area contributed by atoms with E-state index in [0.29, 0.717) is 6.04 Å². The van der Waals surface area contributed by atoms with Crippen LogP contribution in [-0.2, 0) is 6.54 Å². The van der Waals surface area contributed by atoms with Crippen molar-refractivity contribution in [2.45, 2.75) is 26.4 Å². The molecule has 0 amide bonds. The number of nitrogens with one attached hydrogen (secondary N) is 1. The number of aromatic nitrogens is 1. The van der Waals surface area contributed by atoms with E-state index in [2.05, 4.69) is 54.5 Å². The highest BCUT2D eigenvalue weighted by atomic mass is 14.9. The minimum atomic E-state index is 0.345. The number of aryl methyl sites for hydroxylation is 1. The van der Waals surface area contributed by atoms with Gasteiger partial charge in [-0.3, -0.25) is 4.98 Å². The highest BCUT2D eigenvalue weighted by Crippen LogP contribution is 2.12. The van der Waals surface area contributed by atoms with E-state index in [-0.39, 0.29) is 0 Å². The summed E-state index contributed by atoms with van der Waals surface area (Å²) in [5, 5.41) is 3.49. The third kappa shape index (κ3) is 3.14. The van der Waals surface area contributed by atoms with Crippen LogP contribution >= 0.6 is 0 Å². The van der Waals surface area contributed by atoms with Gasteiger partial charge in [0.25, 0.3) is 0 Å². The minimum absolute atomic E-state index is 0.345. The van der Waals surface area contributed by atoms with Gasteiger partial charge in [0.2, 0.25) is 0 Å². The molecule has 0 saturated heterocycles. The number of rotatable bonds is 4. The summed E-state index contributed by atoms with van der Waals surface area (Å²) in [5.41, 5.74) is 3.66. The van der Waals surface area contributed by atoms with Crippen LogP contribution < -0.4 is 5.32 Å². The zero-order valence-corrected chi connectivity index (χ0v) is 10.4. The Bertz CT molecular complexity index is 465. The van der Waals surface area contributed by atoms with E-state index in [4.69, 9.17) is 0 Å². The summed E-state index contributed by atoms with van der Waals surface area (Å²) in [7, 11) is 0. The largest absolute Gasteiger partial charge is 0.305 e. The second-order valence-electron chi connectivity index (χ2n) is 4.28. The zero-order valence-electron chi connectivity index (χ0n) is 10.4. The minimum Gasteiger partial charge on any atom is -0.305 e. The molecule has 1 aromatic heterocycles. The van der Waals surface area contributed by atoms with Crippen LogP contribution in [0.3, 0.4) is 0 Å². The first-order valence-electron chi connectivity index (χ1n) is 5.96. The lowest BCUT2D eigenvalue weighted by Gasteiger charge is -2.14. The fourth-order valence-corrected chi connectivity index (χ4v) is 1.81. The molecule has 0 bridgehead atoms. The molecule has 0 fully saturated rings. The summed E-state index contributed by atoms with van der Waals surface area (Å²) in [4.78, 5) is 4.38. The van der Waals surface area contributed by atoms with Gasteiger partial charge >= 0.3 is 0 Å². The van der Waals surface area contributed by atoms with Gasteiger partial charge in [0.1, 0.15) is 0 Å². The average molecular weight is 226 g/mol. The molecule has 17 heavy (non-hydrogen) atoms. The summed E-state index contributed by atoms with van der Waals surface area (Å²) in [6.45, 7) is 5.08. The van der Waals surface area contributed by atoms with Crippen LogP contribution in [0, 0.1) is 6.92 Å². The predicted molar refractivity (Wildman–Crippen MR) is 70.7 cm³/mol. The van der Waals surface area contributed by atoms with Gasteiger partial charge in [-0.1, -0.05) is 36.4 Å². The van der Waals surface area contributed by atoms with E-state index < -0.39 is 0 Å². The molecule has 0 radical (unpaired) electrons. The lowest BCUT2D eigenvalue weighted by Crippen LogP contribution is -2.19. The third-order valence-electron chi connectivity index (χ3n) is 2.99. The summed E-state index contributed by atoms with van der Waals surface area (Å²) in [6, 6.07) is 14.9. The van der Waals surface area contributed by atoms with Crippen molar-refractivity contribution in [3.05, 3.63) is 65.5 Å². The zero-order chi connectivity index (χ0) is 12.1. The van der Waals surface area contributed by atoms with Crippen molar-refractivity contribution in [3.8, 4) is 0 Å². The molecule has 2 heteroatoms. The van der Waals surface area contributed by atoms with Gasteiger partial charge in [0.05, 0.1) is 5.69 Å². The highest BCUT2D eigenvalue weighted by molar-refractivity contribution is 5.20. The number of pyridine rings is 1. The van der Waals surface area contributed by atoms with Gasteiger partial charge in [-0.15, -0.1) is 0 Å². The molecule has 0 spiro atoms. The van der Waals surface area contributed by atoms with E-state index in [0.717, 1.165) is 12.2 Å². The van der Waals surface area contributed by atoms with Crippen LogP contribution in [0.4, 0.5) is 0 Å². The molecule has 0 saturated carbocycles. The standard InChI is InChI=1S/C15H18N2/c1-12-7-6-10-16-15(12)11-17-13(2)14-8-4-3-5-9-14/h3-10,13,17H,11H2,1-2H3/t13-/m1/s1. The van der Waals surface area contributed by atoms with E-state index in [1.165, 1.54) is 11.1 Å². The number of hydrogen-bond donors (Lipinski definition) is 1. The Morgan fingerprint density at radius 1 is 1.12 bits per heavy atom. The monoisotopic (exact) mass is 226 g/mol. The maximum atomic E-state index is 4.38. The second-order valence-corrected chi connectivity index (χ2v) is 4.28. The van der Waals surface area contributed by atoms with Gasteiger partial charge < -0.3 is 5.32 Å². The lowest BCUT2D eigenvalue weighted by molar-refractivity contribution is 0.566. The second kappa shape index (κ2) is 5.60. The van der Waals surface area contributed by atoms with E-state index in [1.807, 2.05) is 18.3 Å². The Kier molecular flexibility index (Phi) is 3.89. The molecule has 1 heterocycles. The number of benzene rings is 1. The van der Waals surface area contributed by atoms with E-state index in [1.54, 1.807) is 0 Å². The fraction of sp³-hybridized carbons (Fsp3) is 0.267. The maximum absolute atomic E-state index is 4.38. The number of hydrogen-bond acceptors (Lipinski definition) is 2.